The second-order valence-electron chi connectivity index (χ2n) is 3.00. The van der Waals surface area contributed by atoms with Crippen molar-refractivity contribution in [3.8, 4) is 11.6 Å². The molecule has 0 saturated carbocycles. The SMILES string of the molecule is COc1cc(OC)c2c(Br)cccc2n1. The molecular formula is C11H10BrNO2. The van der Waals surface area contributed by atoms with Gasteiger partial charge in [0.25, 0.3) is 0 Å². The van der Waals surface area contributed by atoms with Crippen LogP contribution in [0.4, 0.5) is 0 Å². The van der Waals surface area contributed by atoms with Crippen molar-refractivity contribution in [2.45, 2.75) is 0 Å². The lowest BCUT2D eigenvalue weighted by Gasteiger charge is -2.08. The molecule has 1 aromatic carbocycles. The highest BCUT2D eigenvalue weighted by atomic mass is 79.9. The number of benzene rings is 1. The molecule has 0 fully saturated rings. The lowest BCUT2D eigenvalue weighted by molar-refractivity contribution is 0.386. The van der Waals surface area contributed by atoms with Crippen LogP contribution in [-0.4, -0.2) is 19.2 Å². The summed E-state index contributed by atoms with van der Waals surface area (Å²) in [4.78, 5) is 4.33. The molecule has 2 aromatic rings. The van der Waals surface area contributed by atoms with E-state index in [1.165, 1.54) is 0 Å². The molecule has 4 heteroatoms. The van der Waals surface area contributed by atoms with E-state index < -0.39 is 0 Å². The predicted octanol–water partition coefficient (Wildman–Crippen LogP) is 3.01. The van der Waals surface area contributed by atoms with Gasteiger partial charge in [0, 0.05) is 10.5 Å². The number of hydrogen-bond acceptors (Lipinski definition) is 3. The fraction of sp³-hybridized carbons (Fsp3) is 0.182. The summed E-state index contributed by atoms with van der Waals surface area (Å²) in [7, 11) is 3.22. The Labute approximate surface area is 96.2 Å². The van der Waals surface area contributed by atoms with Crippen LogP contribution in [0.1, 0.15) is 0 Å². The summed E-state index contributed by atoms with van der Waals surface area (Å²) in [6.45, 7) is 0. The standard InChI is InChI=1S/C11H10BrNO2/c1-14-9-6-10(15-2)13-8-5-3-4-7(12)11(8)9/h3-6H,1-2H3. The minimum Gasteiger partial charge on any atom is -0.496 e. The first kappa shape index (κ1) is 10.2. The molecule has 3 nitrogen and oxygen atoms in total. The number of fused-ring (bicyclic) bond motifs is 1. The number of rotatable bonds is 2. The first-order valence-electron chi connectivity index (χ1n) is 4.43. The van der Waals surface area contributed by atoms with Crippen LogP contribution in [-0.2, 0) is 0 Å². The van der Waals surface area contributed by atoms with E-state index in [0.29, 0.717) is 5.88 Å². The molecule has 0 radical (unpaired) electrons. The monoisotopic (exact) mass is 267 g/mol. The van der Waals surface area contributed by atoms with Crippen molar-refractivity contribution in [3.05, 3.63) is 28.7 Å². The summed E-state index contributed by atoms with van der Waals surface area (Å²) in [5.41, 5.74) is 0.848. The summed E-state index contributed by atoms with van der Waals surface area (Å²) in [6, 6.07) is 7.58. The molecule has 0 bridgehead atoms. The van der Waals surface area contributed by atoms with Crippen LogP contribution in [0.15, 0.2) is 28.7 Å². The molecule has 0 saturated heterocycles. The molecule has 0 N–H and O–H groups in total. The average molecular weight is 268 g/mol. The van der Waals surface area contributed by atoms with Crippen LogP contribution < -0.4 is 9.47 Å². The highest BCUT2D eigenvalue weighted by Crippen LogP contribution is 2.33. The average Bonchev–Trinajstić information content (AvgIpc) is 2.27. The molecule has 0 aliphatic rings. The van der Waals surface area contributed by atoms with Gasteiger partial charge >= 0.3 is 0 Å². The Morgan fingerprint density at radius 1 is 1.20 bits per heavy atom. The second-order valence-corrected chi connectivity index (χ2v) is 3.86. The van der Waals surface area contributed by atoms with Crippen LogP contribution in [0.25, 0.3) is 10.9 Å². The molecule has 0 spiro atoms. The third-order valence-corrected chi connectivity index (χ3v) is 2.81. The zero-order chi connectivity index (χ0) is 10.8. The Kier molecular flexibility index (Phi) is 2.77. The van der Waals surface area contributed by atoms with Crippen LogP contribution in [0.2, 0.25) is 0 Å². The fourth-order valence-electron chi connectivity index (χ4n) is 1.45. The van der Waals surface area contributed by atoms with E-state index in [9.17, 15) is 0 Å². The number of aromatic nitrogens is 1. The van der Waals surface area contributed by atoms with Crippen LogP contribution in [0.5, 0.6) is 11.6 Å². The van der Waals surface area contributed by atoms with Crippen LogP contribution in [0, 0.1) is 0 Å². The number of halogens is 1. The predicted molar refractivity (Wildman–Crippen MR) is 62.5 cm³/mol. The minimum atomic E-state index is 0.553. The molecule has 0 amide bonds. The third-order valence-electron chi connectivity index (χ3n) is 2.15. The van der Waals surface area contributed by atoms with Crippen molar-refractivity contribution in [2.24, 2.45) is 0 Å². The van der Waals surface area contributed by atoms with Gasteiger partial charge in [0.05, 0.1) is 25.1 Å². The topological polar surface area (TPSA) is 31.4 Å². The second kappa shape index (κ2) is 4.06. The number of hydrogen-bond donors (Lipinski definition) is 0. The van der Waals surface area contributed by atoms with Gasteiger partial charge in [0.2, 0.25) is 5.88 Å². The van der Waals surface area contributed by atoms with Crippen LogP contribution in [0.3, 0.4) is 0 Å². The van der Waals surface area contributed by atoms with Gasteiger partial charge in [-0.05, 0) is 28.1 Å². The van der Waals surface area contributed by atoms with Crippen molar-refractivity contribution < 1.29 is 9.47 Å². The molecule has 1 aromatic heterocycles. The van der Waals surface area contributed by atoms with Crippen molar-refractivity contribution in [1.82, 2.24) is 4.98 Å². The Morgan fingerprint density at radius 2 is 2.00 bits per heavy atom. The highest BCUT2D eigenvalue weighted by Gasteiger charge is 2.08. The van der Waals surface area contributed by atoms with Gasteiger partial charge in [0.1, 0.15) is 5.75 Å². The Morgan fingerprint density at radius 3 is 2.67 bits per heavy atom. The molecule has 78 valence electrons. The molecule has 15 heavy (non-hydrogen) atoms. The molecule has 0 aliphatic carbocycles. The van der Waals surface area contributed by atoms with Gasteiger partial charge < -0.3 is 9.47 Å². The molecule has 1 heterocycles. The zero-order valence-corrected chi connectivity index (χ0v) is 10.0. The van der Waals surface area contributed by atoms with E-state index in [-0.39, 0.29) is 0 Å². The number of pyridine rings is 1. The van der Waals surface area contributed by atoms with E-state index in [1.807, 2.05) is 18.2 Å². The van der Waals surface area contributed by atoms with Gasteiger partial charge in [-0.15, -0.1) is 0 Å². The van der Waals surface area contributed by atoms with Gasteiger partial charge in [-0.3, -0.25) is 0 Å². The summed E-state index contributed by atoms with van der Waals surface area (Å²) >= 11 is 3.47. The molecular weight excluding hydrogens is 258 g/mol. The largest absolute Gasteiger partial charge is 0.496 e. The Balaban J connectivity index is 2.81. The third kappa shape index (κ3) is 1.77. The minimum absolute atomic E-state index is 0.553. The zero-order valence-electron chi connectivity index (χ0n) is 8.45. The smallest absolute Gasteiger partial charge is 0.217 e. The lowest BCUT2D eigenvalue weighted by Crippen LogP contribution is -1.92. The van der Waals surface area contributed by atoms with Crippen LogP contribution >= 0.6 is 15.9 Å². The normalized spacial score (nSPS) is 10.3. The Bertz CT molecular complexity index is 499. The maximum atomic E-state index is 5.30. The summed E-state index contributed by atoms with van der Waals surface area (Å²) in [6.07, 6.45) is 0. The lowest BCUT2D eigenvalue weighted by atomic mass is 10.2. The maximum Gasteiger partial charge on any atom is 0.217 e. The van der Waals surface area contributed by atoms with Gasteiger partial charge in [-0.1, -0.05) is 6.07 Å². The van der Waals surface area contributed by atoms with E-state index >= 15 is 0 Å². The Hall–Kier alpha value is -1.29. The summed E-state index contributed by atoms with van der Waals surface area (Å²) < 4.78 is 11.4. The molecule has 0 unspecified atom stereocenters. The van der Waals surface area contributed by atoms with E-state index in [2.05, 4.69) is 20.9 Å². The first-order chi connectivity index (χ1) is 7.26. The molecule has 0 atom stereocenters. The van der Waals surface area contributed by atoms with E-state index in [4.69, 9.17) is 9.47 Å². The van der Waals surface area contributed by atoms with Crippen molar-refractivity contribution in [2.75, 3.05) is 14.2 Å². The van der Waals surface area contributed by atoms with Gasteiger partial charge in [-0.25, -0.2) is 4.98 Å². The van der Waals surface area contributed by atoms with E-state index in [1.54, 1.807) is 20.3 Å². The van der Waals surface area contributed by atoms with Gasteiger partial charge in [0.15, 0.2) is 0 Å². The number of ether oxygens (including phenoxy) is 2. The molecule has 2 rings (SSSR count). The van der Waals surface area contributed by atoms with Gasteiger partial charge in [-0.2, -0.15) is 0 Å². The van der Waals surface area contributed by atoms with Crippen molar-refractivity contribution >= 4 is 26.8 Å². The number of methoxy groups -OCH3 is 2. The summed E-state index contributed by atoms with van der Waals surface area (Å²) in [5.74, 6) is 1.31. The summed E-state index contributed by atoms with van der Waals surface area (Å²) in [5, 5.41) is 0.959. The van der Waals surface area contributed by atoms with Crippen molar-refractivity contribution in [3.63, 3.8) is 0 Å². The quantitative estimate of drug-likeness (QED) is 0.838. The number of nitrogens with zero attached hydrogens (tertiary/aromatic N) is 1. The highest BCUT2D eigenvalue weighted by molar-refractivity contribution is 9.10. The van der Waals surface area contributed by atoms with E-state index in [0.717, 1.165) is 21.1 Å². The fourth-order valence-corrected chi connectivity index (χ4v) is 2.00. The first-order valence-corrected chi connectivity index (χ1v) is 5.23. The van der Waals surface area contributed by atoms with Crippen molar-refractivity contribution in [1.29, 1.82) is 0 Å². The molecule has 0 aliphatic heterocycles. The maximum absolute atomic E-state index is 5.30.